The molecule has 0 spiro atoms. The van der Waals surface area contributed by atoms with Crippen LogP contribution < -0.4 is 0 Å². The molecule has 148 valence electrons. The molecule has 2 aromatic rings. The van der Waals surface area contributed by atoms with Gasteiger partial charge in [-0.15, -0.1) is 11.3 Å². The van der Waals surface area contributed by atoms with E-state index in [2.05, 4.69) is 19.9 Å². The summed E-state index contributed by atoms with van der Waals surface area (Å²) in [6.45, 7) is 6.56. The summed E-state index contributed by atoms with van der Waals surface area (Å²) in [6, 6.07) is 11.6. The zero-order valence-corrected chi connectivity index (χ0v) is 17.5. The van der Waals surface area contributed by atoms with Crippen molar-refractivity contribution in [2.45, 2.75) is 45.1 Å². The highest BCUT2D eigenvalue weighted by Crippen LogP contribution is 2.45. The topological polar surface area (TPSA) is 40.6 Å². The molecule has 0 N–H and O–H groups in total. The molecule has 1 aromatic heterocycles. The molecule has 0 aliphatic carbocycles. The molecule has 0 radical (unpaired) electrons. The van der Waals surface area contributed by atoms with E-state index in [1.54, 1.807) is 11.3 Å². The maximum Gasteiger partial charge on any atom is 0.254 e. The first-order valence-electron chi connectivity index (χ1n) is 10.3. The van der Waals surface area contributed by atoms with Crippen LogP contribution in [0.4, 0.5) is 0 Å². The summed E-state index contributed by atoms with van der Waals surface area (Å²) < 4.78 is 0. The molecule has 5 heteroatoms. The first-order valence-corrected chi connectivity index (χ1v) is 11.2. The highest BCUT2D eigenvalue weighted by atomic mass is 32.1. The molecule has 3 heterocycles. The minimum absolute atomic E-state index is 0.0467. The Hall–Kier alpha value is -2.14. The Bertz CT molecular complexity index is 840. The van der Waals surface area contributed by atoms with Crippen LogP contribution in [-0.2, 0) is 4.79 Å². The van der Waals surface area contributed by atoms with E-state index in [0.717, 1.165) is 36.4 Å². The van der Waals surface area contributed by atoms with E-state index >= 15 is 0 Å². The van der Waals surface area contributed by atoms with Gasteiger partial charge in [-0.05, 0) is 48.3 Å². The fourth-order valence-corrected chi connectivity index (χ4v) is 5.41. The molecule has 2 atom stereocenters. The summed E-state index contributed by atoms with van der Waals surface area (Å²) in [5.41, 5.74) is 1.58. The highest BCUT2D eigenvalue weighted by Gasteiger charge is 2.45. The van der Waals surface area contributed by atoms with Crippen molar-refractivity contribution in [2.75, 3.05) is 19.6 Å². The molecule has 28 heavy (non-hydrogen) atoms. The van der Waals surface area contributed by atoms with Crippen LogP contribution in [0.5, 0.6) is 0 Å². The fraction of sp³-hybridized carbons (Fsp3) is 0.478. The minimum Gasteiger partial charge on any atom is -0.342 e. The number of piperidine rings is 1. The first-order chi connectivity index (χ1) is 13.6. The lowest BCUT2D eigenvalue weighted by Crippen LogP contribution is -2.50. The average molecular weight is 397 g/mol. The van der Waals surface area contributed by atoms with Crippen molar-refractivity contribution in [3.63, 3.8) is 0 Å². The third-order valence-electron chi connectivity index (χ3n) is 5.77. The predicted octanol–water partition coefficient (Wildman–Crippen LogP) is 4.70. The Morgan fingerprint density at radius 3 is 2.54 bits per heavy atom. The van der Waals surface area contributed by atoms with Gasteiger partial charge in [-0.3, -0.25) is 9.59 Å². The standard InChI is InChI=1S/C23H28N2O2S/c1-16(2)15-25-21(19-11-8-14-28-19)20(23(27)24-12-6-3-7-13-24)17-9-4-5-10-18(17)22(25)26/h4-5,8-11,14,16,20-21H,3,6-7,12-13,15H2,1-2H3/t20-,21-/m1/s1. The third-order valence-corrected chi connectivity index (χ3v) is 6.71. The molecule has 1 saturated heterocycles. The normalized spacial score (nSPS) is 22.5. The van der Waals surface area contributed by atoms with E-state index in [1.807, 2.05) is 45.5 Å². The van der Waals surface area contributed by atoms with Gasteiger partial charge in [0, 0.05) is 30.1 Å². The van der Waals surface area contributed by atoms with Gasteiger partial charge in [0.05, 0.1) is 12.0 Å². The maximum atomic E-state index is 13.8. The Balaban J connectivity index is 1.83. The molecular formula is C23H28N2O2S. The van der Waals surface area contributed by atoms with Gasteiger partial charge in [0.2, 0.25) is 5.91 Å². The van der Waals surface area contributed by atoms with Gasteiger partial charge in [-0.25, -0.2) is 0 Å². The lowest BCUT2D eigenvalue weighted by molar-refractivity contribution is -0.135. The number of nitrogens with zero attached hydrogens (tertiary/aromatic N) is 2. The van der Waals surface area contributed by atoms with Crippen LogP contribution in [0.1, 0.15) is 65.9 Å². The van der Waals surface area contributed by atoms with E-state index in [0.29, 0.717) is 18.0 Å². The van der Waals surface area contributed by atoms with Crippen LogP contribution in [0.15, 0.2) is 41.8 Å². The van der Waals surface area contributed by atoms with E-state index in [1.165, 1.54) is 6.42 Å². The number of amides is 2. The number of rotatable bonds is 4. The number of likely N-dealkylation sites (tertiary alicyclic amines) is 1. The summed E-state index contributed by atoms with van der Waals surface area (Å²) in [6.07, 6.45) is 3.33. The van der Waals surface area contributed by atoms with Crippen molar-refractivity contribution in [1.29, 1.82) is 0 Å². The number of fused-ring (bicyclic) bond motifs is 1. The monoisotopic (exact) mass is 396 g/mol. The van der Waals surface area contributed by atoms with Gasteiger partial charge in [-0.2, -0.15) is 0 Å². The van der Waals surface area contributed by atoms with Gasteiger partial charge in [0.15, 0.2) is 0 Å². The molecule has 2 amide bonds. The SMILES string of the molecule is CC(C)CN1C(=O)c2ccccc2[C@@H](C(=O)N2CCCCC2)[C@H]1c1cccs1. The molecular weight excluding hydrogens is 368 g/mol. The molecule has 0 bridgehead atoms. The first kappa shape index (κ1) is 19.2. The summed E-state index contributed by atoms with van der Waals surface area (Å²) in [5.74, 6) is 0.226. The molecule has 1 fully saturated rings. The van der Waals surface area contributed by atoms with Crippen molar-refractivity contribution < 1.29 is 9.59 Å². The van der Waals surface area contributed by atoms with Gasteiger partial charge >= 0.3 is 0 Å². The average Bonchev–Trinajstić information content (AvgIpc) is 3.24. The Morgan fingerprint density at radius 2 is 1.86 bits per heavy atom. The van der Waals surface area contributed by atoms with Crippen LogP contribution in [-0.4, -0.2) is 41.2 Å². The second-order valence-electron chi connectivity index (χ2n) is 8.26. The van der Waals surface area contributed by atoms with Gasteiger partial charge in [-0.1, -0.05) is 38.1 Å². The third kappa shape index (κ3) is 3.48. The molecule has 2 aliphatic rings. The lowest BCUT2D eigenvalue weighted by atomic mass is 9.80. The molecule has 1 aromatic carbocycles. The number of thiophene rings is 1. The number of carbonyl (C=O) groups excluding carboxylic acids is 2. The van der Waals surface area contributed by atoms with Gasteiger partial charge < -0.3 is 9.80 Å². The zero-order valence-electron chi connectivity index (χ0n) is 16.6. The van der Waals surface area contributed by atoms with Crippen molar-refractivity contribution in [2.24, 2.45) is 5.92 Å². The maximum absolute atomic E-state index is 13.8. The predicted molar refractivity (Wildman–Crippen MR) is 113 cm³/mol. The summed E-state index contributed by atoms with van der Waals surface area (Å²) in [4.78, 5) is 32.2. The Kier molecular flexibility index (Phi) is 5.54. The van der Waals surface area contributed by atoms with E-state index < -0.39 is 0 Å². The number of benzene rings is 1. The molecule has 4 nitrogen and oxygen atoms in total. The summed E-state index contributed by atoms with van der Waals surface area (Å²) in [5, 5.41) is 2.04. The van der Waals surface area contributed by atoms with E-state index in [4.69, 9.17) is 0 Å². The number of carbonyl (C=O) groups is 2. The fourth-order valence-electron chi connectivity index (χ4n) is 4.54. The van der Waals surface area contributed by atoms with Gasteiger partial charge in [0.1, 0.15) is 0 Å². The molecule has 4 rings (SSSR count). The van der Waals surface area contributed by atoms with E-state index in [9.17, 15) is 9.59 Å². The summed E-state index contributed by atoms with van der Waals surface area (Å²) in [7, 11) is 0. The highest BCUT2D eigenvalue weighted by molar-refractivity contribution is 7.10. The van der Waals surface area contributed by atoms with Gasteiger partial charge in [0.25, 0.3) is 5.91 Å². The zero-order chi connectivity index (χ0) is 19.7. The van der Waals surface area contributed by atoms with Crippen molar-refractivity contribution in [1.82, 2.24) is 9.80 Å². The summed E-state index contributed by atoms with van der Waals surface area (Å²) >= 11 is 1.64. The Morgan fingerprint density at radius 1 is 1.11 bits per heavy atom. The van der Waals surface area contributed by atoms with Crippen LogP contribution in [0.2, 0.25) is 0 Å². The van der Waals surface area contributed by atoms with E-state index in [-0.39, 0.29) is 23.8 Å². The molecule has 0 saturated carbocycles. The van der Waals surface area contributed by atoms with Crippen LogP contribution in [0.25, 0.3) is 0 Å². The van der Waals surface area contributed by atoms with Crippen LogP contribution in [0, 0.1) is 5.92 Å². The van der Waals surface area contributed by atoms with Crippen molar-refractivity contribution >= 4 is 23.2 Å². The lowest BCUT2D eigenvalue weighted by Gasteiger charge is -2.43. The Labute approximate surface area is 171 Å². The number of hydrogen-bond donors (Lipinski definition) is 0. The van der Waals surface area contributed by atoms with Crippen LogP contribution in [0.3, 0.4) is 0 Å². The second-order valence-corrected chi connectivity index (χ2v) is 9.24. The molecule has 2 aliphatic heterocycles. The smallest absolute Gasteiger partial charge is 0.254 e. The second kappa shape index (κ2) is 8.08. The van der Waals surface area contributed by atoms with Crippen molar-refractivity contribution in [3.8, 4) is 0 Å². The number of hydrogen-bond acceptors (Lipinski definition) is 3. The molecule has 0 unspecified atom stereocenters. The quantitative estimate of drug-likeness (QED) is 0.752. The van der Waals surface area contributed by atoms with Crippen LogP contribution >= 0.6 is 11.3 Å². The van der Waals surface area contributed by atoms with Crippen molar-refractivity contribution in [3.05, 3.63) is 57.8 Å². The largest absolute Gasteiger partial charge is 0.342 e. The minimum atomic E-state index is -0.329.